The van der Waals surface area contributed by atoms with Gasteiger partial charge in [0.2, 0.25) is 12.3 Å². The van der Waals surface area contributed by atoms with Crippen LogP contribution in [0.1, 0.15) is 19.8 Å². The van der Waals surface area contributed by atoms with Gasteiger partial charge in [-0.15, -0.1) is 0 Å². The van der Waals surface area contributed by atoms with E-state index >= 15 is 0 Å². The van der Waals surface area contributed by atoms with Gasteiger partial charge >= 0.3 is 0 Å². The molecule has 1 aliphatic rings. The van der Waals surface area contributed by atoms with Crippen molar-refractivity contribution in [2.75, 3.05) is 31.6 Å². The highest BCUT2D eigenvalue weighted by Crippen LogP contribution is 2.23. The predicted octanol–water partition coefficient (Wildman–Crippen LogP) is 3.00. The number of rotatable bonds is 6. The molecule has 1 heterocycles. The molecule has 0 aromatic heterocycles. The Labute approximate surface area is 129 Å². The van der Waals surface area contributed by atoms with Crippen LogP contribution in [0, 0.1) is 5.92 Å². The average Bonchev–Trinajstić information content (AvgIpc) is 2.50. The fraction of sp³-hybridized carbons (Fsp3) is 0.562. The molecule has 1 aromatic carbocycles. The third-order valence-electron chi connectivity index (χ3n) is 3.80. The normalized spacial score (nSPS) is 16.7. The molecule has 1 amide bonds. The number of halogens is 2. The number of piperidine rings is 1. The van der Waals surface area contributed by atoms with Crippen LogP contribution in [-0.4, -0.2) is 43.5 Å². The zero-order chi connectivity index (χ0) is 15.9. The number of nitrogens with one attached hydrogen (secondary N) is 1. The number of hydrogen-bond acceptors (Lipinski definition) is 3. The maximum atomic E-state index is 12.6. The quantitative estimate of drug-likeness (QED) is 0.878. The summed E-state index contributed by atoms with van der Waals surface area (Å²) in [5.74, 6) is 0.111. The van der Waals surface area contributed by atoms with E-state index in [1.807, 2.05) is 11.8 Å². The molecule has 0 saturated carbocycles. The molecular formula is C16H22F2N2O2. The van der Waals surface area contributed by atoms with Crippen molar-refractivity contribution < 1.29 is 18.3 Å². The third-order valence-corrected chi connectivity index (χ3v) is 3.80. The number of anilines is 1. The van der Waals surface area contributed by atoms with E-state index in [0.29, 0.717) is 38.2 Å². The highest BCUT2D eigenvalue weighted by atomic mass is 19.3. The fourth-order valence-electron chi connectivity index (χ4n) is 2.57. The summed E-state index contributed by atoms with van der Waals surface area (Å²) >= 11 is 0. The summed E-state index contributed by atoms with van der Waals surface area (Å²) in [6.45, 7) is 3.84. The molecule has 6 heteroatoms. The van der Waals surface area contributed by atoms with Crippen LogP contribution in [0.15, 0.2) is 24.3 Å². The van der Waals surface area contributed by atoms with Crippen molar-refractivity contribution in [1.29, 1.82) is 0 Å². The van der Waals surface area contributed by atoms with Crippen molar-refractivity contribution >= 4 is 11.6 Å². The minimum atomic E-state index is -2.25. The van der Waals surface area contributed by atoms with Crippen molar-refractivity contribution in [3.63, 3.8) is 0 Å². The number of ether oxygens (including phenoxy) is 1. The van der Waals surface area contributed by atoms with Crippen molar-refractivity contribution in [3.05, 3.63) is 24.3 Å². The number of likely N-dealkylation sites (tertiary alicyclic amines) is 1. The summed E-state index contributed by atoms with van der Waals surface area (Å²) in [7, 11) is 0. The lowest BCUT2D eigenvalue weighted by molar-refractivity contribution is -0.117. The van der Waals surface area contributed by atoms with Gasteiger partial charge in [-0.25, -0.2) is 8.78 Å². The number of carbonyl (C=O) groups excluding carboxylic acids is 1. The van der Waals surface area contributed by atoms with Gasteiger partial charge in [-0.3, -0.25) is 9.69 Å². The van der Waals surface area contributed by atoms with Crippen molar-refractivity contribution in [2.24, 2.45) is 5.92 Å². The van der Waals surface area contributed by atoms with Crippen LogP contribution in [0.25, 0.3) is 0 Å². The molecule has 2 rings (SSSR count). The highest BCUT2D eigenvalue weighted by Gasteiger charge is 2.26. The Kier molecular flexibility index (Phi) is 6.12. The molecule has 4 nitrogen and oxygen atoms in total. The van der Waals surface area contributed by atoms with E-state index in [0.717, 1.165) is 5.75 Å². The lowest BCUT2D eigenvalue weighted by atomic mass is 9.97. The maximum Gasteiger partial charge on any atom is 0.241 e. The van der Waals surface area contributed by atoms with Crippen LogP contribution in [-0.2, 0) is 4.79 Å². The molecule has 0 spiro atoms. The Bertz CT molecular complexity index is 472. The monoisotopic (exact) mass is 312 g/mol. The zero-order valence-electron chi connectivity index (χ0n) is 12.7. The van der Waals surface area contributed by atoms with Crippen LogP contribution < -0.4 is 10.1 Å². The summed E-state index contributed by atoms with van der Waals surface area (Å²) in [4.78, 5) is 13.9. The lowest BCUT2D eigenvalue weighted by Gasteiger charge is -2.30. The molecule has 1 aliphatic heterocycles. The van der Waals surface area contributed by atoms with Gasteiger partial charge in [-0.05, 0) is 57.1 Å². The minimum Gasteiger partial charge on any atom is -0.494 e. The standard InChI is InChI=1S/C16H22F2N2O2/c1-2-22-14-5-3-13(4-6-14)19-15(21)11-20-9-7-12(8-10-20)16(17)18/h3-6,12,16H,2,7-11H2,1H3,(H,19,21). The summed E-state index contributed by atoms with van der Waals surface area (Å²) in [5, 5.41) is 2.81. The van der Waals surface area contributed by atoms with Crippen molar-refractivity contribution in [1.82, 2.24) is 4.90 Å². The summed E-state index contributed by atoms with van der Waals surface area (Å²) in [5.41, 5.74) is 0.705. The predicted molar refractivity (Wildman–Crippen MR) is 81.4 cm³/mol. The molecule has 0 radical (unpaired) electrons. The topological polar surface area (TPSA) is 41.6 Å². The molecule has 1 aromatic rings. The van der Waals surface area contributed by atoms with Gasteiger partial charge < -0.3 is 10.1 Å². The fourth-order valence-corrected chi connectivity index (χ4v) is 2.57. The maximum absolute atomic E-state index is 12.6. The van der Waals surface area contributed by atoms with Gasteiger partial charge in [0.25, 0.3) is 0 Å². The van der Waals surface area contributed by atoms with Crippen LogP contribution in [0.5, 0.6) is 5.75 Å². The first-order valence-electron chi connectivity index (χ1n) is 7.61. The Hall–Kier alpha value is -1.69. The van der Waals surface area contributed by atoms with E-state index in [9.17, 15) is 13.6 Å². The summed E-state index contributed by atoms with van der Waals surface area (Å²) < 4.78 is 30.5. The van der Waals surface area contributed by atoms with Gasteiger partial charge in [-0.1, -0.05) is 0 Å². The molecule has 122 valence electrons. The van der Waals surface area contributed by atoms with E-state index in [1.54, 1.807) is 24.3 Å². The van der Waals surface area contributed by atoms with Gasteiger partial charge in [-0.2, -0.15) is 0 Å². The molecule has 1 fully saturated rings. The SMILES string of the molecule is CCOc1ccc(NC(=O)CN2CCC(C(F)F)CC2)cc1. The minimum absolute atomic E-state index is 0.125. The Morgan fingerprint density at radius 1 is 1.32 bits per heavy atom. The largest absolute Gasteiger partial charge is 0.494 e. The first-order valence-corrected chi connectivity index (χ1v) is 7.61. The Morgan fingerprint density at radius 3 is 2.50 bits per heavy atom. The number of benzene rings is 1. The first-order chi connectivity index (χ1) is 10.6. The second-order valence-electron chi connectivity index (χ2n) is 5.45. The molecule has 0 unspecified atom stereocenters. The van der Waals surface area contributed by atoms with Crippen LogP contribution in [0.3, 0.4) is 0 Å². The van der Waals surface area contributed by atoms with Crippen molar-refractivity contribution in [2.45, 2.75) is 26.2 Å². The van der Waals surface area contributed by atoms with E-state index in [1.165, 1.54) is 0 Å². The molecule has 0 aliphatic carbocycles. The van der Waals surface area contributed by atoms with Crippen molar-refractivity contribution in [3.8, 4) is 5.75 Å². The number of carbonyl (C=O) groups is 1. The molecule has 0 bridgehead atoms. The van der Waals surface area contributed by atoms with Gasteiger partial charge in [0.05, 0.1) is 13.2 Å². The summed E-state index contributed by atoms with van der Waals surface area (Å²) in [6, 6.07) is 7.17. The summed E-state index contributed by atoms with van der Waals surface area (Å²) in [6.07, 6.45) is -1.35. The second kappa shape index (κ2) is 8.08. The van der Waals surface area contributed by atoms with E-state index < -0.39 is 12.3 Å². The number of nitrogens with zero attached hydrogens (tertiary/aromatic N) is 1. The molecular weight excluding hydrogens is 290 g/mol. The van der Waals surface area contributed by atoms with Crippen LogP contribution in [0.4, 0.5) is 14.5 Å². The van der Waals surface area contributed by atoms with Crippen LogP contribution >= 0.6 is 0 Å². The third kappa shape index (κ3) is 4.94. The molecule has 1 saturated heterocycles. The van der Waals surface area contributed by atoms with Gasteiger partial charge in [0.1, 0.15) is 5.75 Å². The second-order valence-corrected chi connectivity index (χ2v) is 5.45. The number of alkyl halides is 2. The van der Waals surface area contributed by atoms with Gasteiger partial charge in [0, 0.05) is 11.6 Å². The van der Waals surface area contributed by atoms with E-state index in [4.69, 9.17) is 4.74 Å². The Morgan fingerprint density at radius 2 is 1.95 bits per heavy atom. The van der Waals surface area contributed by atoms with E-state index in [2.05, 4.69) is 5.32 Å². The van der Waals surface area contributed by atoms with Crippen LogP contribution in [0.2, 0.25) is 0 Å². The lowest BCUT2D eigenvalue weighted by Crippen LogP contribution is -2.40. The van der Waals surface area contributed by atoms with Gasteiger partial charge in [0.15, 0.2) is 0 Å². The van der Waals surface area contributed by atoms with E-state index in [-0.39, 0.29) is 12.5 Å². The number of hydrogen-bond donors (Lipinski definition) is 1. The average molecular weight is 312 g/mol. The number of amides is 1. The molecule has 1 N–H and O–H groups in total. The smallest absolute Gasteiger partial charge is 0.241 e. The zero-order valence-corrected chi connectivity index (χ0v) is 12.7. The first kappa shape index (κ1) is 16.7. The highest BCUT2D eigenvalue weighted by molar-refractivity contribution is 5.92. The molecule has 22 heavy (non-hydrogen) atoms. The molecule has 0 atom stereocenters. The Balaban J connectivity index is 1.76.